The minimum atomic E-state index is -1.77. The van der Waals surface area contributed by atoms with E-state index in [0.29, 0.717) is 6.04 Å². The molecule has 0 N–H and O–H groups in total. The van der Waals surface area contributed by atoms with Gasteiger partial charge in [-0.25, -0.2) is 4.79 Å². The molecule has 2 aromatic rings. The van der Waals surface area contributed by atoms with Crippen LogP contribution in [0.3, 0.4) is 0 Å². The molecule has 2 aromatic carbocycles. The minimum Gasteiger partial charge on any atom is -0.493 e. The van der Waals surface area contributed by atoms with Crippen LogP contribution < -0.4 is 9.47 Å². The summed E-state index contributed by atoms with van der Waals surface area (Å²) in [5, 5.41) is 0.208. The quantitative estimate of drug-likeness (QED) is 0.117. The van der Waals surface area contributed by atoms with Crippen LogP contribution >= 0.6 is 0 Å². The van der Waals surface area contributed by atoms with Gasteiger partial charge < -0.3 is 18.6 Å². The molecule has 1 unspecified atom stereocenters. The Morgan fingerprint density at radius 3 is 2.51 bits per heavy atom. The molecule has 0 heterocycles. The van der Waals surface area contributed by atoms with Crippen LogP contribution in [0.5, 0.6) is 11.5 Å². The number of aryl methyl sites for hydroxylation is 1. The second kappa shape index (κ2) is 13.6. The van der Waals surface area contributed by atoms with E-state index in [1.54, 1.807) is 14.2 Å². The van der Waals surface area contributed by atoms with E-state index in [-0.39, 0.29) is 11.0 Å². The van der Waals surface area contributed by atoms with Crippen molar-refractivity contribution in [3.63, 3.8) is 0 Å². The van der Waals surface area contributed by atoms with Crippen LogP contribution in [0.1, 0.15) is 61.9 Å². The molecule has 1 aliphatic rings. The highest BCUT2D eigenvalue weighted by Crippen LogP contribution is 2.39. The Labute approximate surface area is 236 Å². The molecule has 0 saturated heterocycles. The first-order chi connectivity index (χ1) is 18.5. The van der Waals surface area contributed by atoms with Gasteiger partial charge in [-0.05, 0) is 78.2 Å². The summed E-state index contributed by atoms with van der Waals surface area (Å²) in [6.45, 7) is 14.2. The summed E-state index contributed by atoms with van der Waals surface area (Å²) < 4.78 is 22.5. The third kappa shape index (κ3) is 7.96. The molecule has 39 heavy (non-hydrogen) atoms. The monoisotopic (exact) mass is 553 g/mol. The first kappa shape index (κ1) is 30.9. The van der Waals surface area contributed by atoms with Gasteiger partial charge in [-0.2, -0.15) is 0 Å². The average molecular weight is 554 g/mol. The number of para-hydroxylation sites is 1. The topological polar surface area (TPSA) is 57.2 Å². The van der Waals surface area contributed by atoms with Crippen LogP contribution in [-0.2, 0) is 26.8 Å². The Morgan fingerprint density at radius 2 is 1.85 bits per heavy atom. The Balaban J connectivity index is 1.78. The fraction of sp³-hybridized carbons (Fsp3) is 0.531. The highest BCUT2D eigenvalue weighted by Gasteiger charge is 2.37. The van der Waals surface area contributed by atoms with Gasteiger partial charge in [0.25, 0.3) is 0 Å². The Hall–Kier alpha value is -2.61. The number of carbonyl (C=O) groups is 1. The summed E-state index contributed by atoms with van der Waals surface area (Å²) in [5.41, 5.74) is 4.91. The number of hydrogen-bond donors (Lipinski definition) is 0. The molecule has 3 rings (SSSR count). The number of methoxy groups -OCH3 is 3. The lowest BCUT2D eigenvalue weighted by Crippen LogP contribution is -2.41. The third-order valence-electron chi connectivity index (χ3n) is 8.28. The summed E-state index contributed by atoms with van der Waals surface area (Å²) in [6.07, 6.45) is 7.27. The predicted octanol–water partition coefficient (Wildman–Crippen LogP) is 6.83. The Morgan fingerprint density at radius 1 is 1.08 bits per heavy atom. The van der Waals surface area contributed by atoms with Crippen molar-refractivity contribution in [2.45, 2.75) is 70.6 Å². The molecule has 0 fully saturated rings. The number of benzene rings is 2. The standard InChI is InChI=1S/C32H47NO5Si/c1-32(2,3)39(7,8)38-22-10-20-33(21-19-25-11-9-12-29(35-4)31(25)37-6)28-17-15-26-23-24(13-16-27(26)28)14-18-30(34)36-5/h9,11-14,16,18,23,28H,10,15,17,19-22H2,1-8H3. The fourth-order valence-corrected chi connectivity index (χ4v) is 6.07. The van der Waals surface area contributed by atoms with E-state index in [1.807, 2.05) is 18.2 Å². The van der Waals surface area contributed by atoms with Crippen LogP contribution in [-0.4, -0.2) is 60.2 Å². The Bertz CT molecular complexity index is 1140. The molecule has 1 atom stereocenters. The lowest BCUT2D eigenvalue weighted by molar-refractivity contribution is -0.134. The van der Waals surface area contributed by atoms with E-state index in [4.69, 9.17) is 18.6 Å². The van der Waals surface area contributed by atoms with E-state index in [9.17, 15) is 4.79 Å². The van der Waals surface area contributed by atoms with Crippen LogP contribution in [0.4, 0.5) is 0 Å². The summed E-state index contributed by atoms with van der Waals surface area (Å²) >= 11 is 0. The van der Waals surface area contributed by atoms with Crippen LogP contribution in [0, 0.1) is 0 Å². The first-order valence-electron chi connectivity index (χ1n) is 14.0. The maximum atomic E-state index is 11.5. The highest BCUT2D eigenvalue weighted by atomic mass is 28.4. The van der Waals surface area contributed by atoms with E-state index in [2.05, 4.69) is 63.0 Å². The smallest absolute Gasteiger partial charge is 0.330 e. The number of rotatable bonds is 13. The van der Waals surface area contributed by atoms with Crippen LogP contribution in [0.2, 0.25) is 18.1 Å². The molecule has 1 aliphatic carbocycles. The highest BCUT2D eigenvalue weighted by molar-refractivity contribution is 6.74. The van der Waals surface area contributed by atoms with Gasteiger partial charge in [0, 0.05) is 31.8 Å². The molecule has 6 nitrogen and oxygen atoms in total. The average Bonchev–Trinajstić information content (AvgIpc) is 3.33. The molecule has 7 heteroatoms. The van der Waals surface area contributed by atoms with Crippen molar-refractivity contribution in [2.75, 3.05) is 41.0 Å². The molecule has 0 radical (unpaired) electrons. The van der Waals surface area contributed by atoms with Gasteiger partial charge >= 0.3 is 5.97 Å². The first-order valence-corrected chi connectivity index (χ1v) is 16.9. The largest absolute Gasteiger partial charge is 0.493 e. The van der Waals surface area contributed by atoms with Gasteiger partial charge in [0.2, 0.25) is 0 Å². The van der Waals surface area contributed by atoms with E-state index >= 15 is 0 Å². The van der Waals surface area contributed by atoms with Crippen molar-refractivity contribution < 1.29 is 23.4 Å². The van der Waals surface area contributed by atoms with E-state index in [1.165, 1.54) is 24.3 Å². The van der Waals surface area contributed by atoms with Crippen molar-refractivity contribution in [1.29, 1.82) is 0 Å². The zero-order valence-corrected chi connectivity index (χ0v) is 26.1. The number of hydrogen-bond acceptors (Lipinski definition) is 6. The van der Waals surface area contributed by atoms with Gasteiger partial charge in [0.05, 0.1) is 21.3 Å². The number of nitrogens with zero attached hydrogens (tertiary/aromatic N) is 1. The molecule has 214 valence electrons. The van der Waals surface area contributed by atoms with Crippen molar-refractivity contribution in [1.82, 2.24) is 4.90 Å². The number of carbonyl (C=O) groups excluding carboxylic acids is 1. The number of esters is 1. The molecule has 0 aliphatic heterocycles. The van der Waals surface area contributed by atoms with Gasteiger partial charge in [-0.15, -0.1) is 0 Å². The molecule has 0 spiro atoms. The normalized spacial score (nSPS) is 15.6. The van der Waals surface area contributed by atoms with Crippen molar-refractivity contribution in [3.8, 4) is 11.5 Å². The number of fused-ring (bicyclic) bond motifs is 1. The summed E-state index contributed by atoms with van der Waals surface area (Å²) in [5.74, 6) is 1.24. The van der Waals surface area contributed by atoms with Crippen LogP contribution in [0.15, 0.2) is 42.5 Å². The predicted molar refractivity (Wildman–Crippen MR) is 161 cm³/mol. The van der Waals surface area contributed by atoms with Crippen molar-refractivity contribution >= 4 is 20.4 Å². The van der Waals surface area contributed by atoms with E-state index in [0.717, 1.165) is 68.0 Å². The van der Waals surface area contributed by atoms with Gasteiger partial charge in [0.15, 0.2) is 19.8 Å². The fourth-order valence-electron chi connectivity index (χ4n) is 4.98. The molecule has 0 bridgehead atoms. The third-order valence-corrected chi connectivity index (χ3v) is 12.8. The van der Waals surface area contributed by atoms with Crippen LogP contribution in [0.25, 0.3) is 6.08 Å². The zero-order chi connectivity index (χ0) is 28.6. The summed E-state index contributed by atoms with van der Waals surface area (Å²) in [7, 11) is 3.01. The second-order valence-electron chi connectivity index (χ2n) is 11.8. The van der Waals surface area contributed by atoms with E-state index < -0.39 is 8.32 Å². The molecule has 0 aromatic heterocycles. The van der Waals surface area contributed by atoms with Gasteiger partial charge in [-0.1, -0.05) is 51.1 Å². The maximum absolute atomic E-state index is 11.5. The van der Waals surface area contributed by atoms with Gasteiger partial charge in [-0.3, -0.25) is 4.90 Å². The second-order valence-corrected chi connectivity index (χ2v) is 16.6. The molecular formula is C32H47NO5Si. The van der Waals surface area contributed by atoms with Crippen molar-refractivity contribution in [2.24, 2.45) is 0 Å². The maximum Gasteiger partial charge on any atom is 0.330 e. The van der Waals surface area contributed by atoms with Crippen molar-refractivity contribution in [3.05, 3.63) is 64.7 Å². The minimum absolute atomic E-state index is 0.208. The molecule has 0 saturated carbocycles. The number of ether oxygens (including phenoxy) is 3. The van der Waals surface area contributed by atoms with Gasteiger partial charge in [0.1, 0.15) is 0 Å². The Kier molecular flexibility index (Phi) is 10.8. The summed E-state index contributed by atoms with van der Waals surface area (Å²) in [4.78, 5) is 14.2. The SMILES string of the molecule is COC(=O)C=Cc1ccc2c(c1)CCC2N(CCCO[Si](C)(C)C(C)(C)C)CCc1cccc(OC)c1OC. The zero-order valence-electron chi connectivity index (χ0n) is 25.1. The lowest BCUT2D eigenvalue weighted by Gasteiger charge is -2.36. The molecular weight excluding hydrogens is 506 g/mol. The molecule has 0 amide bonds. The summed E-state index contributed by atoms with van der Waals surface area (Å²) in [6, 6.07) is 13.0. The lowest BCUT2D eigenvalue weighted by atomic mass is 10.0.